The Labute approximate surface area is 131 Å². The number of nitrogens with one attached hydrogen (secondary N) is 1. The van der Waals surface area contributed by atoms with Gasteiger partial charge in [0.25, 0.3) is 5.69 Å². The van der Waals surface area contributed by atoms with E-state index in [9.17, 15) is 14.5 Å². The average molecular weight is 404 g/mol. The SMILES string of the molecule is Cc1cc(F)c(Br)cc1Nc1ccc(Br)cc1[N+](=O)[O-]. The van der Waals surface area contributed by atoms with Gasteiger partial charge in [0.1, 0.15) is 11.5 Å². The van der Waals surface area contributed by atoms with E-state index in [2.05, 4.69) is 37.2 Å². The zero-order valence-electron chi connectivity index (χ0n) is 10.3. The summed E-state index contributed by atoms with van der Waals surface area (Å²) >= 11 is 6.29. The molecule has 104 valence electrons. The van der Waals surface area contributed by atoms with Gasteiger partial charge in [-0.05, 0) is 52.7 Å². The molecule has 0 aromatic heterocycles. The summed E-state index contributed by atoms with van der Waals surface area (Å²) < 4.78 is 14.3. The molecular formula is C13H9Br2FN2O2. The highest BCUT2D eigenvalue weighted by atomic mass is 79.9. The van der Waals surface area contributed by atoms with Crippen molar-refractivity contribution in [3.63, 3.8) is 0 Å². The standard InChI is InChI=1S/C13H9Br2FN2O2/c1-7-4-10(16)9(15)6-12(7)17-11-3-2-8(14)5-13(11)18(19)20/h2-6,17H,1H3. The van der Waals surface area contributed by atoms with Gasteiger partial charge in [0.15, 0.2) is 0 Å². The van der Waals surface area contributed by atoms with Crippen LogP contribution in [0.2, 0.25) is 0 Å². The van der Waals surface area contributed by atoms with Crippen molar-refractivity contribution < 1.29 is 9.31 Å². The Morgan fingerprint density at radius 3 is 2.55 bits per heavy atom. The molecule has 0 bridgehead atoms. The van der Waals surface area contributed by atoms with E-state index in [4.69, 9.17) is 0 Å². The van der Waals surface area contributed by atoms with Crippen molar-refractivity contribution >= 4 is 48.9 Å². The van der Waals surface area contributed by atoms with Crippen LogP contribution in [-0.2, 0) is 0 Å². The van der Waals surface area contributed by atoms with Gasteiger partial charge in [-0.15, -0.1) is 0 Å². The molecule has 0 fully saturated rings. The minimum atomic E-state index is -0.471. The van der Waals surface area contributed by atoms with Gasteiger partial charge >= 0.3 is 0 Å². The number of hydrogen-bond acceptors (Lipinski definition) is 3. The van der Waals surface area contributed by atoms with Crippen molar-refractivity contribution in [3.05, 3.63) is 60.8 Å². The molecule has 0 aliphatic heterocycles. The molecule has 0 amide bonds. The molecular weight excluding hydrogens is 395 g/mol. The second-order valence-electron chi connectivity index (χ2n) is 4.12. The summed E-state index contributed by atoms with van der Waals surface area (Å²) in [5, 5.41) is 14.0. The summed E-state index contributed by atoms with van der Waals surface area (Å²) in [4.78, 5) is 10.6. The normalized spacial score (nSPS) is 10.4. The third-order valence-electron chi connectivity index (χ3n) is 2.69. The van der Waals surface area contributed by atoms with Crippen LogP contribution in [-0.4, -0.2) is 4.92 Å². The maximum absolute atomic E-state index is 13.4. The van der Waals surface area contributed by atoms with Gasteiger partial charge < -0.3 is 5.32 Å². The monoisotopic (exact) mass is 402 g/mol. The van der Waals surface area contributed by atoms with Crippen molar-refractivity contribution in [2.24, 2.45) is 0 Å². The molecule has 2 aromatic rings. The van der Waals surface area contributed by atoms with Crippen molar-refractivity contribution in [2.45, 2.75) is 6.92 Å². The molecule has 2 aromatic carbocycles. The fourth-order valence-electron chi connectivity index (χ4n) is 1.69. The van der Waals surface area contributed by atoms with Crippen molar-refractivity contribution in [2.75, 3.05) is 5.32 Å². The van der Waals surface area contributed by atoms with Gasteiger partial charge in [0.05, 0.1) is 9.40 Å². The lowest BCUT2D eigenvalue weighted by Gasteiger charge is -2.11. The molecule has 0 spiro atoms. The summed E-state index contributed by atoms with van der Waals surface area (Å²) in [5.74, 6) is -0.377. The second kappa shape index (κ2) is 5.88. The number of aryl methyl sites for hydroxylation is 1. The van der Waals surface area contributed by atoms with Crippen molar-refractivity contribution in [1.82, 2.24) is 0 Å². The molecule has 1 N–H and O–H groups in total. The molecule has 2 rings (SSSR count). The minimum absolute atomic E-state index is 0.0563. The Hall–Kier alpha value is -1.47. The van der Waals surface area contributed by atoms with E-state index in [0.29, 0.717) is 25.9 Å². The molecule has 0 atom stereocenters. The van der Waals surface area contributed by atoms with Crippen molar-refractivity contribution in [1.29, 1.82) is 0 Å². The van der Waals surface area contributed by atoms with E-state index < -0.39 is 4.92 Å². The van der Waals surface area contributed by atoms with E-state index in [-0.39, 0.29) is 11.5 Å². The number of rotatable bonds is 3. The summed E-state index contributed by atoms with van der Waals surface area (Å²) in [6.07, 6.45) is 0. The Morgan fingerprint density at radius 2 is 1.90 bits per heavy atom. The van der Waals surface area contributed by atoms with Crippen LogP contribution in [0.3, 0.4) is 0 Å². The number of halogens is 3. The van der Waals surface area contributed by atoms with E-state index in [0.717, 1.165) is 0 Å². The first-order valence-corrected chi connectivity index (χ1v) is 7.13. The fraction of sp³-hybridized carbons (Fsp3) is 0.0769. The van der Waals surface area contributed by atoms with Gasteiger partial charge in [-0.1, -0.05) is 15.9 Å². The van der Waals surface area contributed by atoms with Crippen LogP contribution >= 0.6 is 31.9 Å². The molecule has 0 aliphatic rings. The molecule has 0 saturated heterocycles. The number of benzene rings is 2. The molecule has 0 unspecified atom stereocenters. The summed E-state index contributed by atoms with van der Waals surface area (Å²) in [6, 6.07) is 7.62. The topological polar surface area (TPSA) is 55.2 Å². The van der Waals surface area contributed by atoms with Crippen LogP contribution in [0.25, 0.3) is 0 Å². The Bertz CT molecular complexity index is 692. The third-order valence-corrected chi connectivity index (χ3v) is 3.79. The van der Waals surface area contributed by atoms with Crippen LogP contribution < -0.4 is 5.32 Å². The summed E-state index contributed by atoms with van der Waals surface area (Å²) in [5.41, 5.74) is 1.55. The van der Waals surface area contributed by atoms with Crippen LogP contribution in [0.15, 0.2) is 39.3 Å². The smallest absolute Gasteiger partial charge is 0.293 e. The Morgan fingerprint density at radius 1 is 1.20 bits per heavy atom. The third kappa shape index (κ3) is 3.16. The fourth-order valence-corrected chi connectivity index (χ4v) is 2.38. The molecule has 20 heavy (non-hydrogen) atoms. The highest BCUT2D eigenvalue weighted by Gasteiger charge is 2.15. The quantitative estimate of drug-likeness (QED) is 0.558. The Kier molecular flexibility index (Phi) is 4.39. The minimum Gasteiger partial charge on any atom is -0.350 e. The maximum atomic E-state index is 13.4. The molecule has 0 aliphatic carbocycles. The van der Waals surface area contributed by atoms with Gasteiger partial charge in [0.2, 0.25) is 0 Å². The lowest BCUT2D eigenvalue weighted by Crippen LogP contribution is -1.99. The summed E-state index contributed by atoms with van der Waals surface area (Å²) in [6.45, 7) is 1.72. The molecule has 4 nitrogen and oxygen atoms in total. The highest BCUT2D eigenvalue weighted by Crippen LogP contribution is 2.33. The first kappa shape index (κ1) is 14.9. The largest absolute Gasteiger partial charge is 0.350 e. The zero-order chi connectivity index (χ0) is 14.9. The van der Waals surface area contributed by atoms with Crippen LogP contribution in [0.4, 0.5) is 21.5 Å². The molecule has 0 saturated carbocycles. The van der Waals surface area contributed by atoms with Crippen LogP contribution in [0.1, 0.15) is 5.56 Å². The van der Waals surface area contributed by atoms with E-state index in [1.165, 1.54) is 12.1 Å². The zero-order valence-corrected chi connectivity index (χ0v) is 13.5. The predicted molar refractivity (Wildman–Crippen MR) is 82.9 cm³/mol. The lowest BCUT2D eigenvalue weighted by molar-refractivity contribution is -0.384. The van der Waals surface area contributed by atoms with Gasteiger partial charge in [-0.25, -0.2) is 4.39 Å². The average Bonchev–Trinajstić information content (AvgIpc) is 2.37. The van der Waals surface area contributed by atoms with Gasteiger partial charge in [-0.3, -0.25) is 10.1 Å². The van der Waals surface area contributed by atoms with Gasteiger partial charge in [-0.2, -0.15) is 0 Å². The van der Waals surface area contributed by atoms with Crippen LogP contribution in [0, 0.1) is 22.9 Å². The highest BCUT2D eigenvalue weighted by molar-refractivity contribution is 9.10. The number of nitrogens with zero attached hydrogens (tertiary/aromatic N) is 1. The van der Waals surface area contributed by atoms with E-state index in [1.54, 1.807) is 25.1 Å². The number of hydrogen-bond donors (Lipinski definition) is 1. The van der Waals surface area contributed by atoms with E-state index >= 15 is 0 Å². The van der Waals surface area contributed by atoms with Gasteiger partial charge in [0, 0.05) is 16.2 Å². The second-order valence-corrected chi connectivity index (χ2v) is 5.89. The predicted octanol–water partition coefficient (Wildman–Crippen LogP) is 5.31. The van der Waals surface area contributed by atoms with Crippen LogP contribution in [0.5, 0.6) is 0 Å². The maximum Gasteiger partial charge on any atom is 0.293 e. The Balaban J connectivity index is 2.45. The lowest BCUT2D eigenvalue weighted by atomic mass is 10.2. The summed E-state index contributed by atoms with van der Waals surface area (Å²) in [7, 11) is 0. The first-order chi connectivity index (χ1) is 9.38. The van der Waals surface area contributed by atoms with E-state index in [1.807, 2.05) is 0 Å². The van der Waals surface area contributed by atoms with Crippen molar-refractivity contribution in [3.8, 4) is 0 Å². The first-order valence-electron chi connectivity index (χ1n) is 5.55. The number of nitro groups is 1. The molecule has 0 radical (unpaired) electrons. The number of anilines is 2. The number of nitro benzene ring substituents is 1. The molecule has 0 heterocycles. The molecule has 7 heteroatoms.